The lowest BCUT2D eigenvalue weighted by Gasteiger charge is -2.31. The molecule has 2 rings (SSSR count). The molecule has 1 N–H and O–H groups in total. The summed E-state index contributed by atoms with van der Waals surface area (Å²) in [5.41, 5.74) is 2.24. The summed E-state index contributed by atoms with van der Waals surface area (Å²) < 4.78 is 0. The van der Waals surface area contributed by atoms with E-state index in [0.29, 0.717) is 18.5 Å². The lowest BCUT2D eigenvalue weighted by molar-refractivity contribution is -0.385. The Morgan fingerprint density at radius 3 is 2.32 bits per heavy atom. The number of hydrogen-bond donors (Lipinski definition) is 1. The Hall–Kier alpha value is -3.22. The van der Waals surface area contributed by atoms with Gasteiger partial charge in [0.05, 0.1) is 11.3 Å². The fourth-order valence-electron chi connectivity index (χ4n) is 3.34. The molecule has 0 saturated heterocycles. The summed E-state index contributed by atoms with van der Waals surface area (Å²) in [6.07, 6.45) is 0.301. The Bertz CT molecular complexity index is 909. The molecule has 0 heterocycles. The van der Waals surface area contributed by atoms with Crippen LogP contribution in [0.3, 0.4) is 0 Å². The highest BCUT2D eigenvalue weighted by atomic mass is 16.6. The summed E-state index contributed by atoms with van der Waals surface area (Å²) in [6.45, 7) is 8.63. The van der Waals surface area contributed by atoms with Crippen LogP contribution in [0.5, 0.6) is 0 Å². The van der Waals surface area contributed by atoms with Crippen molar-refractivity contribution in [1.29, 1.82) is 0 Å². The van der Waals surface area contributed by atoms with Crippen LogP contribution < -0.4 is 5.32 Å². The number of nitro benzene ring substituents is 1. The minimum Gasteiger partial charge on any atom is -0.354 e. The molecular formula is C24H31N3O4. The zero-order valence-corrected chi connectivity index (χ0v) is 18.6. The van der Waals surface area contributed by atoms with Crippen LogP contribution in [0.25, 0.3) is 0 Å². The number of benzene rings is 2. The molecule has 1 atom stereocenters. The first kappa shape index (κ1) is 24.1. The number of hydrogen-bond acceptors (Lipinski definition) is 4. The maximum atomic E-state index is 13.3. The summed E-state index contributed by atoms with van der Waals surface area (Å²) >= 11 is 0. The number of nitrogens with one attached hydrogen (secondary N) is 1. The first-order valence-corrected chi connectivity index (χ1v) is 10.6. The van der Waals surface area contributed by atoms with Crippen molar-refractivity contribution >= 4 is 17.5 Å². The average Bonchev–Trinajstić information content (AvgIpc) is 2.73. The molecular weight excluding hydrogens is 394 g/mol. The van der Waals surface area contributed by atoms with Gasteiger partial charge in [0, 0.05) is 24.7 Å². The minimum absolute atomic E-state index is 0.0940. The van der Waals surface area contributed by atoms with Crippen LogP contribution in [-0.4, -0.2) is 34.2 Å². The largest absolute Gasteiger partial charge is 0.354 e. The highest BCUT2D eigenvalue weighted by Gasteiger charge is 2.30. The van der Waals surface area contributed by atoms with Gasteiger partial charge in [-0.3, -0.25) is 19.7 Å². The molecule has 2 aromatic carbocycles. The van der Waals surface area contributed by atoms with E-state index in [2.05, 4.69) is 5.32 Å². The monoisotopic (exact) mass is 425 g/mol. The number of aryl methyl sites for hydroxylation is 1. The third-order valence-electron chi connectivity index (χ3n) is 5.07. The van der Waals surface area contributed by atoms with Crippen molar-refractivity contribution in [2.24, 2.45) is 5.92 Å². The molecule has 2 amide bonds. The maximum Gasteiger partial charge on any atom is 0.273 e. The second kappa shape index (κ2) is 11.2. The Morgan fingerprint density at radius 2 is 1.74 bits per heavy atom. The Balaban J connectivity index is 2.33. The van der Waals surface area contributed by atoms with Gasteiger partial charge in [-0.2, -0.15) is 0 Å². The lowest BCUT2D eigenvalue weighted by Crippen LogP contribution is -2.50. The third kappa shape index (κ3) is 6.91. The topological polar surface area (TPSA) is 92.6 Å². The predicted molar refractivity (Wildman–Crippen MR) is 120 cm³/mol. The average molecular weight is 426 g/mol. The normalized spacial score (nSPS) is 11.8. The maximum absolute atomic E-state index is 13.3. The van der Waals surface area contributed by atoms with E-state index in [4.69, 9.17) is 0 Å². The fraction of sp³-hybridized carbons (Fsp3) is 0.417. The summed E-state index contributed by atoms with van der Waals surface area (Å²) in [5.74, 6) is -0.240. The third-order valence-corrected chi connectivity index (χ3v) is 5.07. The van der Waals surface area contributed by atoms with Gasteiger partial charge in [-0.25, -0.2) is 0 Å². The summed E-state index contributed by atoms with van der Waals surface area (Å²) in [7, 11) is 0. The fourth-order valence-corrected chi connectivity index (χ4v) is 3.34. The summed E-state index contributed by atoms with van der Waals surface area (Å²) in [5, 5.41) is 14.3. The van der Waals surface area contributed by atoms with Gasteiger partial charge in [-0.05, 0) is 24.8 Å². The zero-order valence-electron chi connectivity index (χ0n) is 18.6. The van der Waals surface area contributed by atoms with Crippen molar-refractivity contribution in [2.45, 2.75) is 53.1 Å². The lowest BCUT2D eigenvalue weighted by atomic mass is 10.0. The number of rotatable bonds is 10. The van der Waals surface area contributed by atoms with E-state index in [9.17, 15) is 19.7 Å². The number of nitrogens with zero attached hydrogens (tertiary/aromatic N) is 2. The first-order chi connectivity index (χ1) is 14.7. The van der Waals surface area contributed by atoms with Crippen LogP contribution in [0.1, 0.15) is 43.9 Å². The molecule has 7 heteroatoms. The Labute approximate surface area is 183 Å². The Kier molecular flexibility index (Phi) is 8.73. The molecule has 1 unspecified atom stereocenters. The number of nitro groups is 1. The van der Waals surface area contributed by atoms with E-state index in [0.717, 1.165) is 11.1 Å². The van der Waals surface area contributed by atoms with Gasteiger partial charge in [-0.15, -0.1) is 0 Å². The molecule has 0 aliphatic heterocycles. The summed E-state index contributed by atoms with van der Waals surface area (Å²) in [4.78, 5) is 38.6. The van der Waals surface area contributed by atoms with Gasteiger partial charge in [0.1, 0.15) is 6.04 Å². The van der Waals surface area contributed by atoms with Gasteiger partial charge in [-0.1, -0.05) is 68.8 Å². The number of para-hydroxylation sites is 1. The number of carbonyl (C=O) groups is 2. The Morgan fingerprint density at radius 1 is 1.10 bits per heavy atom. The number of carbonyl (C=O) groups excluding carboxylic acids is 2. The van der Waals surface area contributed by atoms with Crippen LogP contribution in [0.4, 0.5) is 5.69 Å². The van der Waals surface area contributed by atoms with Crippen molar-refractivity contribution < 1.29 is 14.5 Å². The van der Waals surface area contributed by atoms with Gasteiger partial charge in [0.25, 0.3) is 5.69 Å². The molecule has 0 fully saturated rings. The number of amides is 2. The van der Waals surface area contributed by atoms with Gasteiger partial charge in [0.15, 0.2) is 0 Å². The summed E-state index contributed by atoms with van der Waals surface area (Å²) in [6, 6.07) is 13.3. The van der Waals surface area contributed by atoms with E-state index in [1.165, 1.54) is 11.0 Å². The van der Waals surface area contributed by atoms with Crippen molar-refractivity contribution in [3.63, 3.8) is 0 Å². The van der Waals surface area contributed by atoms with Gasteiger partial charge >= 0.3 is 0 Å². The highest BCUT2D eigenvalue weighted by molar-refractivity contribution is 5.88. The van der Waals surface area contributed by atoms with Crippen LogP contribution >= 0.6 is 0 Å². The van der Waals surface area contributed by atoms with Crippen molar-refractivity contribution in [3.8, 4) is 0 Å². The zero-order chi connectivity index (χ0) is 23.0. The van der Waals surface area contributed by atoms with Crippen molar-refractivity contribution in [3.05, 3.63) is 75.3 Å². The minimum atomic E-state index is -0.657. The predicted octanol–water partition coefficient (Wildman–Crippen LogP) is 4.03. The molecule has 0 radical (unpaired) electrons. The second-order valence-electron chi connectivity index (χ2n) is 8.13. The molecule has 0 spiro atoms. The smallest absolute Gasteiger partial charge is 0.273 e. The van der Waals surface area contributed by atoms with Crippen LogP contribution in [-0.2, 0) is 22.6 Å². The van der Waals surface area contributed by atoms with E-state index in [1.807, 2.05) is 52.0 Å². The molecule has 0 bridgehead atoms. The molecule has 0 aliphatic rings. The van der Waals surface area contributed by atoms with Crippen LogP contribution in [0.15, 0.2) is 48.5 Å². The highest BCUT2D eigenvalue weighted by Crippen LogP contribution is 2.21. The SMILES string of the molecule is CCC(C(=O)NCC(C)C)N(Cc1ccc(C)cc1)C(=O)Cc1ccccc1[N+](=O)[O-]. The molecule has 0 saturated carbocycles. The molecule has 166 valence electrons. The van der Waals surface area contributed by atoms with Crippen molar-refractivity contribution in [2.75, 3.05) is 6.54 Å². The molecule has 7 nitrogen and oxygen atoms in total. The molecule has 2 aromatic rings. The van der Waals surface area contributed by atoms with E-state index in [-0.39, 0.29) is 36.4 Å². The van der Waals surface area contributed by atoms with Crippen LogP contribution in [0, 0.1) is 23.0 Å². The van der Waals surface area contributed by atoms with E-state index in [1.54, 1.807) is 18.2 Å². The second-order valence-corrected chi connectivity index (χ2v) is 8.13. The van der Waals surface area contributed by atoms with Gasteiger partial charge in [0.2, 0.25) is 11.8 Å². The standard InChI is InChI=1S/C24H31N3O4/c1-5-21(24(29)25-15-17(2)3)26(16-19-12-10-18(4)11-13-19)23(28)14-20-8-6-7-9-22(20)27(30)31/h6-13,17,21H,5,14-16H2,1-4H3,(H,25,29). The van der Waals surface area contributed by atoms with Crippen LogP contribution in [0.2, 0.25) is 0 Å². The van der Waals surface area contributed by atoms with Gasteiger partial charge < -0.3 is 10.2 Å². The van der Waals surface area contributed by atoms with E-state index >= 15 is 0 Å². The first-order valence-electron chi connectivity index (χ1n) is 10.6. The van der Waals surface area contributed by atoms with E-state index < -0.39 is 11.0 Å². The molecule has 0 aliphatic carbocycles. The molecule has 0 aromatic heterocycles. The quantitative estimate of drug-likeness (QED) is 0.459. The van der Waals surface area contributed by atoms with Crippen molar-refractivity contribution in [1.82, 2.24) is 10.2 Å². The molecule has 31 heavy (non-hydrogen) atoms.